The van der Waals surface area contributed by atoms with Gasteiger partial charge in [0.2, 0.25) is 5.91 Å². The maximum Gasteiger partial charge on any atom is 0.335 e. The van der Waals surface area contributed by atoms with Crippen LogP contribution in [-0.2, 0) is 4.79 Å². The molecule has 0 heterocycles. The van der Waals surface area contributed by atoms with Crippen molar-refractivity contribution >= 4 is 29.3 Å². The van der Waals surface area contributed by atoms with Crippen LogP contribution in [0.25, 0.3) is 0 Å². The highest BCUT2D eigenvalue weighted by atomic mass is 32.2. The Balaban J connectivity index is 2.69. The Hall–Kier alpha value is -1.69. The molecule has 0 fully saturated rings. The summed E-state index contributed by atoms with van der Waals surface area (Å²) in [4.78, 5) is 23.1. The first kappa shape index (κ1) is 19.4. The summed E-state index contributed by atoms with van der Waals surface area (Å²) in [6.07, 6.45) is 2.63. The molecule has 0 bridgehead atoms. The van der Waals surface area contributed by atoms with E-state index in [4.69, 9.17) is 9.84 Å². The number of unbranched alkanes of at least 4 members (excludes halogenated alkanes) is 1. The van der Waals surface area contributed by atoms with E-state index in [2.05, 4.69) is 12.2 Å². The molecule has 0 atom stereocenters. The second-order valence-electron chi connectivity index (χ2n) is 5.45. The van der Waals surface area contributed by atoms with Crippen LogP contribution in [-0.4, -0.2) is 34.6 Å². The van der Waals surface area contributed by atoms with Gasteiger partial charge in [-0.3, -0.25) is 4.79 Å². The van der Waals surface area contributed by atoms with Gasteiger partial charge in [-0.15, -0.1) is 0 Å². The lowest BCUT2D eigenvalue weighted by atomic mass is 10.2. The van der Waals surface area contributed by atoms with Crippen LogP contribution in [0.2, 0.25) is 0 Å². The lowest BCUT2D eigenvalue weighted by molar-refractivity contribution is -0.115. The normalized spacial score (nSPS) is 10.6. The van der Waals surface area contributed by atoms with Crippen molar-refractivity contribution in [3.8, 4) is 5.75 Å². The average molecular weight is 339 g/mol. The molecule has 0 saturated heterocycles. The number of hydrogen-bond acceptors (Lipinski definition) is 4. The number of thioether (sulfide) groups is 1. The molecule has 0 saturated carbocycles. The van der Waals surface area contributed by atoms with Crippen molar-refractivity contribution in [3.05, 3.63) is 23.8 Å². The number of rotatable bonds is 10. The van der Waals surface area contributed by atoms with Crippen LogP contribution in [0.1, 0.15) is 50.4 Å². The molecular weight excluding hydrogens is 314 g/mol. The van der Waals surface area contributed by atoms with Gasteiger partial charge >= 0.3 is 5.97 Å². The Morgan fingerprint density at radius 2 is 2.04 bits per heavy atom. The Kier molecular flexibility index (Phi) is 8.55. The number of amides is 1. The molecule has 1 aromatic rings. The lowest BCUT2D eigenvalue weighted by Gasteiger charge is -2.15. The van der Waals surface area contributed by atoms with Gasteiger partial charge in [0.1, 0.15) is 5.75 Å². The zero-order valence-corrected chi connectivity index (χ0v) is 14.7. The fraction of sp³-hybridized carbons (Fsp3) is 0.529. The first-order chi connectivity index (χ1) is 10.9. The van der Waals surface area contributed by atoms with E-state index in [0.717, 1.165) is 24.3 Å². The van der Waals surface area contributed by atoms with Crippen molar-refractivity contribution in [2.75, 3.05) is 16.8 Å². The maximum absolute atomic E-state index is 12.0. The van der Waals surface area contributed by atoms with Crippen molar-refractivity contribution in [1.29, 1.82) is 0 Å². The minimum absolute atomic E-state index is 0.0640. The number of benzene rings is 1. The monoisotopic (exact) mass is 339 g/mol. The summed E-state index contributed by atoms with van der Waals surface area (Å²) < 4.78 is 5.63. The van der Waals surface area contributed by atoms with Crippen molar-refractivity contribution < 1.29 is 19.4 Å². The van der Waals surface area contributed by atoms with E-state index in [1.165, 1.54) is 12.1 Å². The number of nitrogens with one attached hydrogen (secondary N) is 1. The van der Waals surface area contributed by atoms with Crippen LogP contribution >= 0.6 is 11.8 Å². The van der Waals surface area contributed by atoms with Crippen LogP contribution in [0.15, 0.2) is 18.2 Å². The first-order valence-corrected chi connectivity index (χ1v) is 9.01. The third kappa shape index (κ3) is 7.41. The van der Waals surface area contributed by atoms with Crippen molar-refractivity contribution in [3.63, 3.8) is 0 Å². The quantitative estimate of drug-likeness (QED) is 0.629. The summed E-state index contributed by atoms with van der Waals surface area (Å²) in [5, 5.41) is 11.8. The molecule has 1 amide bonds. The Morgan fingerprint density at radius 1 is 1.30 bits per heavy atom. The number of ether oxygens (including phenoxy) is 1. The number of carbonyl (C=O) groups excluding carboxylic acids is 1. The van der Waals surface area contributed by atoms with E-state index in [0.29, 0.717) is 17.9 Å². The van der Waals surface area contributed by atoms with Crippen LogP contribution in [0.3, 0.4) is 0 Å². The molecule has 1 aromatic carbocycles. The van der Waals surface area contributed by atoms with Crippen LogP contribution in [0.5, 0.6) is 5.75 Å². The van der Waals surface area contributed by atoms with Gasteiger partial charge in [-0.1, -0.05) is 13.3 Å². The SMILES string of the molecule is CCCCSCCC(=O)Nc1cc(C(=O)O)ccc1OC(C)C. The summed E-state index contributed by atoms with van der Waals surface area (Å²) in [5.74, 6) is 1.12. The Morgan fingerprint density at radius 3 is 2.65 bits per heavy atom. The number of aromatic carboxylic acids is 1. The van der Waals surface area contributed by atoms with E-state index < -0.39 is 5.97 Å². The molecular formula is C17H25NO4S. The average Bonchev–Trinajstić information content (AvgIpc) is 2.48. The number of carboxylic acids is 1. The molecule has 0 aliphatic carbocycles. The van der Waals surface area contributed by atoms with Crippen molar-refractivity contribution in [1.82, 2.24) is 0 Å². The van der Waals surface area contributed by atoms with Gasteiger partial charge in [0.15, 0.2) is 0 Å². The smallest absolute Gasteiger partial charge is 0.335 e. The van der Waals surface area contributed by atoms with E-state index >= 15 is 0 Å². The van der Waals surface area contributed by atoms with Gasteiger partial charge in [-0.2, -0.15) is 11.8 Å². The van der Waals surface area contributed by atoms with Crippen LogP contribution < -0.4 is 10.1 Å². The molecule has 5 nitrogen and oxygen atoms in total. The number of carboxylic acid groups (broad SMARTS) is 1. The van der Waals surface area contributed by atoms with Gasteiger partial charge in [-0.25, -0.2) is 4.79 Å². The molecule has 23 heavy (non-hydrogen) atoms. The first-order valence-electron chi connectivity index (χ1n) is 7.85. The minimum Gasteiger partial charge on any atom is -0.489 e. The zero-order valence-electron chi connectivity index (χ0n) is 13.9. The number of anilines is 1. The number of hydrogen-bond donors (Lipinski definition) is 2. The van der Waals surface area contributed by atoms with Crippen molar-refractivity contribution in [2.45, 2.75) is 46.1 Å². The van der Waals surface area contributed by atoms with Gasteiger partial charge < -0.3 is 15.2 Å². The summed E-state index contributed by atoms with van der Waals surface area (Å²) in [7, 11) is 0. The molecule has 128 valence electrons. The highest BCUT2D eigenvalue weighted by molar-refractivity contribution is 7.99. The molecule has 1 rings (SSSR count). The second-order valence-corrected chi connectivity index (χ2v) is 6.67. The molecule has 0 aromatic heterocycles. The summed E-state index contributed by atoms with van der Waals surface area (Å²) in [6, 6.07) is 4.48. The van der Waals surface area contributed by atoms with Gasteiger partial charge in [0, 0.05) is 12.2 Å². The fourth-order valence-corrected chi connectivity index (χ4v) is 2.87. The van der Waals surface area contributed by atoms with Crippen molar-refractivity contribution in [2.24, 2.45) is 0 Å². The largest absolute Gasteiger partial charge is 0.489 e. The Bertz CT molecular complexity index is 531. The van der Waals surface area contributed by atoms with Gasteiger partial charge in [0.05, 0.1) is 17.4 Å². The third-order valence-electron chi connectivity index (χ3n) is 2.98. The fourth-order valence-electron chi connectivity index (χ4n) is 1.84. The summed E-state index contributed by atoms with van der Waals surface area (Å²) in [5.41, 5.74) is 0.524. The molecule has 0 radical (unpaired) electrons. The highest BCUT2D eigenvalue weighted by Crippen LogP contribution is 2.27. The maximum atomic E-state index is 12.0. The molecule has 0 aliphatic rings. The molecule has 0 spiro atoms. The molecule has 0 aliphatic heterocycles. The summed E-state index contributed by atoms with van der Waals surface area (Å²) >= 11 is 1.75. The van der Waals surface area contributed by atoms with Crippen LogP contribution in [0, 0.1) is 0 Å². The predicted molar refractivity (Wildman–Crippen MR) is 94.6 cm³/mol. The van der Waals surface area contributed by atoms with E-state index in [9.17, 15) is 9.59 Å². The predicted octanol–water partition coefficient (Wildman–Crippen LogP) is 4.03. The standard InChI is InChI=1S/C17H25NO4S/c1-4-5-9-23-10-8-16(19)18-14-11-13(17(20)21)6-7-15(14)22-12(2)3/h6-7,11-12H,4-5,8-10H2,1-3H3,(H,18,19)(H,20,21). The molecule has 0 unspecified atom stereocenters. The Labute approximate surface area is 141 Å². The van der Waals surface area contributed by atoms with Crippen LogP contribution in [0.4, 0.5) is 5.69 Å². The minimum atomic E-state index is -1.04. The van der Waals surface area contributed by atoms with Gasteiger partial charge in [0.25, 0.3) is 0 Å². The lowest BCUT2D eigenvalue weighted by Crippen LogP contribution is -2.15. The third-order valence-corrected chi connectivity index (χ3v) is 4.05. The molecule has 2 N–H and O–H groups in total. The van der Waals surface area contributed by atoms with E-state index in [1.807, 2.05) is 13.8 Å². The van der Waals surface area contributed by atoms with E-state index in [1.54, 1.807) is 17.8 Å². The second kappa shape index (κ2) is 10.2. The molecule has 6 heteroatoms. The topological polar surface area (TPSA) is 75.6 Å². The summed E-state index contributed by atoms with van der Waals surface area (Å²) in [6.45, 7) is 5.89. The number of carbonyl (C=O) groups is 2. The van der Waals surface area contributed by atoms with Gasteiger partial charge in [-0.05, 0) is 44.2 Å². The van der Waals surface area contributed by atoms with E-state index in [-0.39, 0.29) is 17.6 Å². The zero-order chi connectivity index (χ0) is 17.2. The highest BCUT2D eigenvalue weighted by Gasteiger charge is 2.13.